The second-order valence-electron chi connectivity index (χ2n) is 7.13. The van der Waals surface area contributed by atoms with Crippen molar-refractivity contribution in [3.8, 4) is 22.6 Å². The first-order chi connectivity index (χ1) is 14.1. The van der Waals surface area contributed by atoms with Crippen molar-refractivity contribution in [2.45, 2.75) is 25.0 Å². The Morgan fingerprint density at radius 1 is 1.10 bits per heavy atom. The van der Waals surface area contributed by atoms with Gasteiger partial charge < -0.3 is 19.9 Å². The van der Waals surface area contributed by atoms with Crippen LogP contribution >= 0.6 is 0 Å². The summed E-state index contributed by atoms with van der Waals surface area (Å²) in [4.78, 5) is 11.4. The van der Waals surface area contributed by atoms with Gasteiger partial charge in [0, 0.05) is 12.0 Å². The predicted octanol–water partition coefficient (Wildman–Crippen LogP) is 4.54. The number of carboxylic acid groups (broad SMARTS) is 1. The van der Waals surface area contributed by atoms with Gasteiger partial charge in [-0.2, -0.15) is 0 Å². The molecule has 2 unspecified atom stereocenters. The van der Waals surface area contributed by atoms with Crippen molar-refractivity contribution < 1.29 is 19.4 Å². The molecule has 0 aliphatic carbocycles. The number of fused-ring (bicyclic) bond motifs is 1. The number of nitrogens with one attached hydrogen (secondary N) is 1. The second-order valence-corrected chi connectivity index (χ2v) is 7.13. The molecule has 0 spiro atoms. The fraction of sp³-hybridized carbons (Fsp3) is 0.208. The second kappa shape index (κ2) is 8.27. The molecule has 3 aromatic carbocycles. The molecule has 148 valence electrons. The summed E-state index contributed by atoms with van der Waals surface area (Å²) < 4.78 is 11.6. The van der Waals surface area contributed by atoms with Crippen LogP contribution in [-0.4, -0.2) is 30.5 Å². The van der Waals surface area contributed by atoms with Crippen LogP contribution in [0.4, 0.5) is 4.79 Å². The van der Waals surface area contributed by atoms with Crippen LogP contribution in [0, 0.1) is 0 Å². The number of ether oxygens (including phenoxy) is 2. The molecule has 1 amide bonds. The predicted molar refractivity (Wildman–Crippen MR) is 112 cm³/mol. The molecule has 0 fully saturated rings. The van der Waals surface area contributed by atoms with Crippen LogP contribution in [0.3, 0.4) is 0 Å². The number of para-hydroxylation sites is 1. The van der Waals surface area contributed by atoms with Crippen LogP contribution in [-0.2, 0) is 12.8 Å². The summed E-state index contributed by atoms with van der Waals surface area (Å²) in [7, 11) is 1.64. The monoisotopic (exact) mass is 389 g/mol. The lowest BCUT2D eigenvalue weighted by Crippen LogP contribution is -2.46. The number of benzene rings is 3. The Morgan fingerprint density at radius 3 is 2.55 bits per heavy atom. The lowest BCUT2D eigenvalue weighted by molar-refractivity contribution is 0.154. The number of rotatable bonds is 6. The summed E-state index contributed by atoms with van der Waals surface area (Å²) >= 11 is 0. The highest BCUT2D eigenvalue weighted by atomic mass is 16.5. The van der Waals surface area contributed by atoms with E-state index in [0.717, 1.165) is 33.8 Å². The molecular formula is C24H23NO4. The van der Waals surface area contributed by atoms with E-state index in [2.05, 4.69) is 5.32 Å². The normalized spacial score (nSPS) is 15.8. The maximum Gasteiger partial charge on any atom is 0.405 e. The zero-order valence-electron chi connectivity index (χ0n) is 16.2. The minimum atomic E-state index is -1.04. The third-order valence-electron chi connectivity index (χ3n) is 5.24. The Hall–Kier alpha value is -3.47. The third kappa shape index (κ3) is 4.19. The average molecular weight is 389 g/mol. The van der Waals surface area contributed by atoms with Crippen LogP contribution in [0.15, 0.2) is 72.8 Å². The average Bonchev–Trinajstić information content (AvgIpc) is 3.18. The highest BCUT2D eigenvalue weighted by molar-refractivity contribution is 5.73. The zero-order chi connectivity index (χ0) is 20.2. The van der Waals surface area contributed by atoms with Crippen LogP contribution in [0.25, 0.3) is 11.1 Å². The van der Waals surface area contributed by atoms with Crippen molar-refractivity contribution in [1.29, 1.82) is 0 Å². The van der Waals surface area contributed by atoms with Crippen molar-refractivity contribution in [3.63, 3.8) is 0 Å². The fourth-order valence-corrected chi connectivity index (χ4v) is 3.82. The van der Waals surface area contributed by atoms with E-state index in [4.69, 9.17) is 9.47 Å². The molecule has 0 aromatic heterocycles. The highest BCUT2D eigenvalue weighted by Gasteiger charge is 2.33. The van der Waals surface area contributed by atoms with Gasteiger partial charge in [-0.1, -0.05) is 60.7 Å². The van der Waals surface area contributed by atoms with E-state index in [0.29, 0.717) is 12.8 Å². The minimum Gasteiger partial charge on any atom is -0.497 e. The van der Waals surface area contributed by atoms with Gasteiger partial charge in [0.2, 0.25) is 0 Å². The highest BCUT2D eigenvalue weighted by Crippen LogP contribution is 2.40. The van der Waals surface area contributed by atoms with E-state index in [-0.39, 0.29) is 12.1 Å². The molecule has 0 bridgehead atoms. The van der Waals surface area contributed by atoms with Gasteiger partial charge in [0.05, 0.1) is 13.2 Å². The van der Waals surface area contributed by atoms with Gasteiger partial charge in [0.15, 0.2) is 0 Å². The summed E-state index contributed by atoms with van der Waals surface area (Å²) in [5.74, 6) is 1.63. The molecule has 1 heterocycles. The van der Waals surface area contributed by atoms with Gasteiger partial charge in [0.25, 0.3) is 0 Å². The molecule has 5 heteroatoms. The summed E-state index contributed by atoms with van der Waals surface area (Å²) in [6, 6.07) is 23.5. The van der Waals surface area contributed by atoms with E-state index in [9.17, 15) is 9.90 Å². The first-order valence-electron chi connectivity index (χ1n) is 9.60. The van der Waals surface area contributed by atoms with Crippen molar-refractivity contribution in [1.82, 2.24) is 5.32 Å². The van der Waals surface area contributed by atoms with E-state index < -0.39 is 6.09 Å². The Kier molecular flexibility index (Phi) is 5.38. The lowest BCUT2D eigenvalue weighted by atomic mass is 9.96. The molecule has 0 saturated carbocycles. The van der Waals surface area contributed by atoms with Crippen molar-refractivity contribution in [3.05, 3.63) is 83.9 Å². The van der Waals surface area contributed by atoms with Gasteiger partial charge in [0.1, 0.15) is 17.6 Å². The molecule has 2 N–H and O–H groups in total. The third-order valence-corrected chi connectivity index (χ3v) is 5.24. The van der Waals surface area contributed by atoms with Crippen LogP contribution in [0.5, 0.6) is 11.5 Å². The number of hydrogen-bond acceptors (Lipinski definition) is 3. The number of methoxy groups -OCH3 is 1. The van der Waals surface area contributed by atoms with Crippen LogP contribution in [0.2, 0.25) is 0 Å². The van der Waals surface area contributed by atoms with Crippen molar-refractivity contribution >= 4 is 6.09 Å². The number of carbonyl (C=O) groups is 1. The molecule has 1 aliphatic heterocycles. The Balaban J connectivity index is 1.60. The standard InChI is InChI=1S/C24H23NO4/c1-28-19-12-10-17(11-13-19)20-9-5-8-18-15-22(29-23(18)20)21(25-24(26)27)14-16-6-3-2-4-7-16/h2-13,21-22,25H,14-15H2,1H3,(H,26,27). The van der Waals surface area contributed by atoms with Gasteiger partial charge >= 0.3 is 6.09 Å². The van der Waals surface area contributed by atoms with E-state index in [1.165, 1.54) is 0 Å². The van der Waals surface area contributed by atoms with Crippen LogP contribution in [0.1, 0.15) is 11.1 Å². The Morgan fingerprint density at radius 2 is 1.86 bits per heavy atom. The fourth-order valence-electron chi connectivity index (χ4n) is 3.82. The van der Waals surface area contributed by atoms with Crippen molar-refractivity contribution in [2.75, 3.05) is 7.11 Å². The summed E-state index contributed by atoms with van der Waals surface area (Å²) in [6.45, 7) is 0. The maximum absolute atomic E-state index is 11.4. The quantitative estimate of drug-likeness (QED) is 0.649. The SMILES string of the molecule is COc1ccc(-c2cccc3c2OC(C(Cc2ccccc2)NC(=O)O)C3)cc1. The number of hydrogen-bond donors (Lipinski definition) is 2. The molecule has 29 heavy (non-hydrogen) atoms. The molecule has 3 aromatic rings. The largest absolute Gasteiger partial charge is 0.497 e. The first-order valence-corrected chi connectivity index (χ1v) is 9.60. The van der Waals surface area contributed by atoms with Gasteiger partial charge in [-0.3, -0.25) is 0 Å². The minimum absolute atomic E-state index is 0.263. The molecule has 0 radical (unpaired) electrons. The summed E-state index contributed by atoms with van der Waals surface area (Å²) in [5.41, 5.74) is 4.20. The summed E-state index contributed by atoms with van der Waals surface area (Å²) in [6.07, 6.45) is -0.0672. The molecule has 4 rings (SSSR count). The first kappa shape index (κ1) is 18.9. The van der Waals surface area contributed by atoms with Gasteiger partial charge in [-0.05, 0) is 35.2 Å². The Bertz CT molecular complexity index is 986. The smallest absolute Gasteiger partial charge is 0.405 e. The molecule has 1 aliphatic rings. The van der Waals surface area contributed by atoms with Gasteiger partial charge in [-0.25, -0.2) is 4.79 Å². The van der Waals surface area contributed by atoms with Crippen LogP contribution < -0.4 is 14.8 Å². The molecular weight excluding hydrogens is 366 g/mol. The van der Waals surface area contributed by atoms with Crippen molar-refractivity contribution in [2.24, 2.45) is 0 Å². The molecule has 2 atom stereocenters. The van der Waals surface area contributed by atoms with E-state index in [1.54, 1.807) is 7.11 Å². The van der Waals surface area contributed by atoms with E-state index in [1.807, 2.05) is 72.8 Å². The van der Waals surface area contributed by atoms with Gasteiger partial charge in [-0.15, -0.1) is 0 Å². The maximum atomic E-state index is 11.4. The number of amides is 1. The van der Waals surface area contributed by atoms with E-state index >= 15 is 0 Å². The zero-order valence-corrected chi connectivity index (χ0v) is 16.2. The lowest BCUT2D eigenvalue weighted by Gasteiger charge is -2.23. The Labute approximate surface area is 169 Å². The summed E-state index contributed by atoms with van der Waals surface area (Å²) in [5, 5.41) is 12.0. The molecule has 0 saturated heterocycles. The topological polar surface area (TPSA) is 67.8 Å². The molecule has 5 nitrogen and oxygen atoms in total.